The molecule has 10 heteroatoms. The van der Waals surface area contributed by atoms with Crippen molar-refractivity contribution in [3.63, 3.8) is 0 Å². The number of rotatable bonds is 2. The van der Waals surface area contributed by atoms with E-state index >= 15 is 0 Å². The van der Waals surface area contributed by atoms with Crippen molar-refractivity contribution in [1.29, 1.82) is 0 Å². The Hall–Kier alpha value is -2.42. The van der Waals surface area contributed by atoms with E-state index in [1.165, 1.54) is 22.9 Å². The number of hydrogen-bond donors (Lipinski definition) is 0. The van der Waals surface area contributed by atoms with Crippen LogP contribution < -0.4 is 0 Å². The van der Waals surface area contributed by atoms with Gasteiger partial charge in [0.05, 0.1) is 12.8 Å². The summed E-state index contributed by atoms with van der Waals surface area (Å²) in [6, 6.07) is -0.771. The van der Waals surface area contributed by atoms with Gasteiger partial charge in [0.1, 0.15) is 17.2 Å². The number of piperidine rings is 1. The van der Waals surface area contributed by atoms with Crippen LogP contribution in [0.1, 0.15) is 32.4 Å². The second-order valence-corrected chi connectivity index (χ2v) is 8.86. The zero-order valence-electron chi connectivity index (χ0n) is 16.8. The average molecular weight is 425 g/mol. The quantitative estimate of drug-likeness (QED) is 0.544. The van der Waals surface area contributed by atoms with Gasteiger partial charge >= 0.3 is 12.1 Å². The summed E-state index contributed by atoms with van der Waals surface area (Å²) < 4.78 is 26.3. The van der Waals surface area contributed by atoms with Crippen LogP contribution in [-0.4, -0.2) is 57.0 Å². The molecule has 1 aliphatic heterocycles. The minimum Gasteiger partial charge on any atom is -0.467 e. The highest BCUT2D eigenvalue weighted by Crippen LogP contribution is 2.62. The van der Waals surface area contributed by atoms with E-state index in [4.69, 9.17) is 21.1 Å². The number of methoxy groups -OCH3 is 1. The number of carbonyl (C=O) groups is 2. The van der Waals surface area contributed by atoms with E-state index in [2.05, 4.69) is 10.1 Å². The van der Waals surface area contributed by atoms with Crippen LogP contribution in [0.15, 0.2) is 6.20 Å². The van der Waals surface area contributed by atoms with Gasteiger partial charge in [-0.05, 0) is 26.7 Å². The third-order valence-electron chi connectivity index (χ3n) is 5.53. The van der Waals surface area contributed by atoms with Gasteiger partial charge in [0.25, 0.3) is 0 Å². The number of carbonyl (C=O) groups excluding carboxylic acids is 2. The molecular formula is C19H22ClFN4O4. The number of hydrogen-bond acceptors (Lipinski definition) is 6. The molecule has 0 spiro atoms. The molecule has 0 aromatic carbocycles. The molecule has 2 aliphatic rings. The van der Waals surface area contributed by atoms with Crippen LogP contribution in [0, 0.1) is 17.7 Å². The highest BCUT2D eigenvalue weighted by Gasteiger charge is 2.67. The highest BCUT2D eigenvalue weighted by atomic mass is 35.5. The number of likely N-dealkylation sites (tertiary alicyclic amines) is 1. The molecule has 0 bridgehead atoms. The number of halogens is 2. The van der Waals surface area contributed by atoms with Crippen LogP contribution in [0.4, 0.5) is 9.18 Å². The van der Waals surface area contributed by atoms with Gasteiger partial charge in [0, 0.05) is 37.0 Å². The Morgan fingerprint density at radius 2 is 2.03 bits per heavy atom. The van der Waals surface area contributed by atoms with E-state index in [1.807, 2.05) is 0 Å². The molecule has 2 fully saturated rings. The predicted octanol–water partition coefficient (Wildman–Crippen LogP) is 2.88. The highest BCUT2D eigenvalue weighted by molar-refractivity contribution is 6.30. The first-order chi connectivity index (χ1) is 13.5. The molecule has 1 saturated carbocycles. The van der Waals surface area contributed by atoms with Crippen LogP contribution >= 0.6 is 11.6 Å². The topological polar surface area (TPSA) is 86.5 Å². The van der Waals surface area contributed by atoms with Crippen molar-refractivity contribution >= 4 is 34.6 Å². The van der Waals surface area contributed by atoms with Crippen LogP contribution in [0.5, 0.6) is 0 Å². The number of aryl methyl sites for hydroxylation is 1. The van der Waals surface area contributed by atoms with Crippen molar-refractivity contribution in [3.8, 4) is 0 Å². The van der Waals surface area contributed by atoms with Crippen molar-refractivity contribution in [3.05, 3.63) is 22.9 Å². The van der Waals surface area contributed by atoms with Crippen LogP contribution in [-0.2, 0) is 21.3 Å². The first kappa shape index (κ1) is 19.9. The first-order valence-electron chi connectivity index (χ1n) is 9.29. The molecule has 4 atom stereocenters. The molecule has 156 valence electrons. The van der Waals surface area contributed by atoms with Crippen molar-refractivity contribution in [2.75, 3.05) is 13.7 Å². The third kappa shape index (κ3) is 3.11. The standard InChI is InChI=1S/C19H22ClFN4O4/c1-19(2,3)29-18(27)25-7-9-10(11(9)15(25)17(26)28-5)13-8-6-22-16(20)12(21)14(8)24(4)23-13/h6,9-11,15H,7H2,1-5H3/t9?,10-,11?,15-/m0/s1. The second kappa shape index (κ2) is 6.55. The fraction of sp³-hybridized carbons (Fsp3) is 0.579. The van der Waals surface area contributed by atoms with Gasteiger partial charge in [-0.3, -0.25) is 9.58 Å². The Kier molecular flexibility index (Phi) is 4.49. The molecule has 2 aromatic rings. The summed E-state index contributed by atoms with van der Waals surface area (Å²) >= 11 is 5.80. The maximum Gasteiger partial charge on any atom is 0.411 e. The van der Waals surface area contributed by atoms with E-state index in [-0.39, 0.29) is 28.4 Å². The maximum absolute atomic E-state index is 14.4. The number of fused-ring (bicyclic) bond motifs is 2. The van der Waals surface area contributed by atoms with Gasteiger partial charge < -0.3 is 9.47 Å². The fourth-order valence-corrected chi connectivity index (χ4v) is 4.52. The second-order valence-electron chi connectivity index (χ2n) is 8.50. The Morgan fingerprint density at radius 3 is 2.66 bits per heavy atom. The molecule has 1 saturated heterocycles. The van der Waals surface area contributed by atoms with Crippen LogP contribution in [0.2, 0.25) is 5.15 Å². The first-order valence-corrected chi connectivity index (χ1v) is 9.67. The maximum atomic E-state index is 14.4. The fourth-order valence-electron chi connectivity index (χ4n) is 4.38. The lowest BCUT2D eigenvalue weighted by Crippen LogP contribution is -2.46. The molecule has 2 unspecified atom stereocenters. The van der Waals surface area contributed by atoms with E-state index < -0.39 is 29.5 Å². The number of aromatic nitrogens is 3. The SMILES string of the molecule is COC(=O)[C@@H]1C2C(CN1C(=O)OC(C)(C)C)[C@@H]2c1nn(C)c2c(F)c(Cl)ncc12. The van der Waals surface area contributed by atoms with E-state index in [1.54, 1.807) is 27.8 Å². The van der Waals surface area contributed by atoms with Gasteiger partial charge in [-0.25, -0.2) is 19.0 Å². The number of amides is 1. The summed E-state index contributed by atoms with van der Waals surface area (Å²) in [6.07, 6.45) is 0.944. The lowest BCUT2D eigenvalue weighted by atomic mass is 10.1. The average Bonchev–Trinajstić information content (AvgIpc) is 3.01. The molecule has 29 heavy (non-hydrogen) atoms. The third-order valence-corrected chi connectivity index (χ3v) is 5.80. The molecule has 4 rings (SSSR count). The predicted molar refractivity (Wildman–Crippen MR) is 102 cm³/mol. The van der Waals surface area contributed by atoms with Crippen molar-refractivity contribution in [1.82, 2.24) is 19.7 Å². The monoisotopic (exact) mass is 424 g/mol. The minimum atomic E-state index is -0.771. The number of pyridine rings is 1. The minimum absolute atomic E-state index is 0.00320. The molecule has 8 nitrogen and oxygen atoms in total. The van der Waals surface area contributed by atoms with Gasteiger partial charge in [-0.1, -0.05) is 11.6 Å². The molecule has 2 aromatic heterocycles. The Labute approximate surface area is 171 Å². The summed E-state index contributed by atoms with van der Waals surface area (Å²) in [7, 11) is 2.92. The molecule has 3 heterocycles. The summed E-state index contributed by atoms with van der Waals surface area (Å²) in [5.74, 6) is -1.41. The Morgan fingerprint density at radius 1 is 1.34 bits per heavy atom. The summed E-state index contributed by atoms with van der Waals surface area (Å²) in [5.41, 5.74) is 0.241. The summed E-state index contributed by atoms with van der Waals surface area (Å²) in [6.45, 7) is 5.64. The zero-order valence-corrected chi connectivity index (χ0v) is 17.5. The smallest absolute Gasteiger partial charge is 0.411 e. The number of nitrogens with zero attached hydrogens (tertiary/aromatic N) is 4. The van der Waals surface area contributed by atoms with E-state index in [9.17, 15) is 14.0 Å². The largest absolute Gasteiger partial charge is 0.467 e. The lowest BCUT2D eigenvalue weighted by Gasteiger charge is -2.29. The van der Waals surface area contributed by atoms with Gasteiger partial charge in [-0.15, -0.1) is 0 Å². The molecular weight excluding hydrogens is 403 g/mol. The van der Waals surface area contributed by atoms with Gasteiger partial charge in [0.15, 0.2) is 11.0 Å². The van der Waals surface area contributed by atoms with Gasteiger partial charge in [-0.2, -0.15) is 5.10 Å². The van der Waals surface area contributed by atoms with Gasteiger partial charge in [0.2, 0.25) is 0 Å². The zero-order chi connectivity index (χ0) is 21.2. The van der Waals surface area contributed by atoms with E-state index in [0.717, 1.165) is 0 Å². The van der Waals surface area contributed by atoms with Crippen molar-refractivity contribution in [2.45, 2.75) is 38.3 Å². The lowest BCUT2D eigenvalue weighted by molar-refractivity contribution is -0.146. The van der Waals surface area contributed by atoms with Crippen LogP contribution in [0.25, 0.3) is 10.9 Å². The Bertz CT molecular complexity index is 1020. The molecule has 1 aliphatic carbocycles. The molecule has 1 amide bonds. The van der Waals surface area contributed by atoms with Crippen LogP contribution in [0.3, 0.4) is 0 Å². The van der Waals surface area contributed by atoms with Crippen molar-refractivity contribution in [2.24, 2.45) is 18.9 Å². The normalized spacial score (nSPS) is 25.8. The van der Waals surface area contributed by atoms with E-state index in [0.29, 0.717) is 17.6 Å². The summed E-state index contributed by atoms with van der Waals surface area (Å²) in [4.78, 5) is 30.4. The number of ether oxygens (including phenoxy) is 2. The Balaban J connectivity index is 1.67. The summed E-state index contributed by atoms with van der Waals surface area (Å²) in [5, 5.41) is 4.82. The molecule has 0 N–H and O–H groups in total. The number of esters is 1. The molecule has 0 radical (unpaired) electrons. The van der Waals surface area contributed by atoms with Crippen molar-refractivity contribution < 1.29 is 23.5 Å².